The Labute approximate surface area is 110 Å². The number of anilines is 1. The van der Waals surface area contributed by atoms with E-state index in [1.165, 1.54) is 12.3 Å². The highest BCUT2D eigenvalue weighted by Crippen LogP contribution is 2.21. The number of carbonyl (C=O) groups excluding carboxylic acids is 1. The zero-order chi connectivity index (χ0) is 13.8. The Morgan fingerprint density at radius 2 is 2.37 bits per heavy atom. The van der Waals surface area contributed by atoms with Crippen molar-refractivity contribution in [1.29, 1.82) is 0 Å². The summed E-state index contributed by atoms with van der Waals surface area (Å²) in [7, 11) is 0. The standard InChI is InChI=1S/C13H15N3O3/c1-3-8(2)9-7-11(19-16-9)13(18)15-12-10(17)5-4-6-14-12/h4-8,17H,3H2,1-2H3,(H,14,15,18). The second-order valence-electron chi connectivity index (χ2n) is 4.25. The highest BCUT2D eigenvalue weighted by atomic mass is 16.5. The van der Waals surface area contributed by atoms with Crippen molar-refractivity contribution in [3.05, 3.63) is 35.9 Å². The van der Waals surface area contributed by atoms with Crippen LogP contribution < -0.4 is 5.32 Å². The Morgan fingerprint density at radius 1 is 1.58 bits per heavy atom. The van der Waals surface area contributed by atoms with Gasteiger partial charge in [-0.1, -0.05) is 19.0 Å². The molecule has 19 heavy (non-hydrogen) atoms. The number of amides is 1. The number of hydrogen-bond donors (Lipinski definition) is 2. The molecule has 0 aliphatic carbocycles. The van der Waals surface area contributed by atoms with Gasteiger partial charge in [-0.15, -0.1) is 0 Å². The van der Waals surface area contributed by atoms with Gasteiger partial charge in [-0.05, 0) is 18.6 Å². The minimum absolute atomic E-state index is 0.0917. The molecule has 1 amide bonds. The topological polar surface area (TPSA) is 88.2 Å². The van der Waals surface area contributed by atoms with Crippen LogP contribution in [0.15, 0.2) is 28.9 Å². The maximum Gasteiger partial charge on any atom is 0.295 e. The highest BCUT2D eigenvalue weighted by molar-refractivity contribution is 6.02. The van der Waals surface area contributed by atoms with Crippen molar-refractivity contribution in [3.63, 3.8) is 0 Å². The summed E-state index contributed by atoms with van der Waals surface area (Å²) < 4.78 is 4.99. The number of hydrogen-bond acceptors (Lipinski definition) is 5. The summed E-state index contributed by atoms with van der Waals surface area (Å²) >= 11 is 0. The maximum atomic E-state index is 11.9. The number of aromatic nitrogens is 2. The first-order chi connectivity index (χ1) is 9.11. The van der Waals surface area contributed by atoms with Gasteiger partial charge in [0.05, 0.1) is 5.69 Å². The highest BCUT2D eigenvalue weighted by Gasteiger charge is 2.17. The van der Waals surface area contributed by atoms with Gasteiger partial charge in [-0.2, -0.15) is 0 Å². The van der Waals surface area contributed by atoms with Gasteiger partial charge in [0.2, 0.25) is 5.76 Å². The summed E-state index contributed by atoms with van der Waals surface area (Å²) in [5, 5.41) is 15.8. The lowest BCUT2D eigenvalue weighted by molar-refractivity contribution is 0.0987. The van der Waals surface area contributed by atoms with Gasteiger partial charge < -0.3 is 14.9 Å². The quantitative estimate of drug-likeness (QED) is 0.882. The Hall–Kier alpha value is -2.37. The van der Waals surface area contributed by atoms with E-state index in [0.29, 0.717) is 0 Å². The van der Waals surface area contributed by atoms with Crippen LogP contribution in [0.3, 0.4) is 0 Å². The molecule has 0 aliphatic rings. The van der Waals surface area contributed by atoms with E-state index in [4.69, 9.17) is 4.52 Å². The van der Waals surface area contributed by atoms with E-state index >= 15 is 0 Å². The first-order valence-electron chi connectivity index (χ1n) is 6.03. The Kier molecular flexibility index (Phi) is 3.79. The number of rotatable bonds is 4. The lowest BCUT2D eigenvalue weighted by Crippen LogP contribution is -2.12. The fourth-order valence-corrected chi connectivity index (χ4v) is 1.50. The first-order valence-corrected chi connectivity index (χ1v) is 6.03. The third-order valence-corrected chi connectivity index (χ3v) is 2.89. The van der Waals surface area contributed by atoms with Gasteiger partial charge >= 0.3 is 0 Å². The van der Waals surface area contributed by atoms with E-state index in [1.54, 1.807) is 12.1 Å². The minimum atomic E-state index is -0.490. The second-order valence-corrected chi connectivity index (χ2v) is 4.25. The van der Waals surface area contributed by atoms with E-state index in [2.05, 4.69) is 15.5 Å². The van der Waals surface area contributed by atoms with Crippen LogP contribution in [0.25, 0.3) is 0 Å². The Morgan fingerprint density at radius 3 is 3.05 bits per heavy atom. The third-order valence-electron chi connectivity index (χ3n) is 2.89. The van der Waals surface area contributed by atoms with Crippen LogP contribution in [0.1, 0.15) is 42.4 Å². The van der Waals surface area contributed by atoms with Crippen LogP contribution in [0.2, 0.25) is 0 Å². The molecule has 1 unspecified atom stereocenters. The maximum absolute atomic E-state index is 11.9. The van der Waals surface area contributed by atoms with Gasteiger partial charge in [0, 0.05) is 18.2 Å². The van der Waals surface area contributed by atoms with Crippen LogP contribution in [0, 0.1) is 0 Å². The van der Waals surface area contributed by atoms with Gasteiger partial charge in [0.25, 0.3) is 5.91 Å². The van der Waals surface area contributed by atoms with Gasteiger partial charge in [0.1, 0.15) is 0 Å². The van der Waals surface area contributed by atoms with Crippen molar-refractivity contribution < 1.29 is 14.4 Å². The summed E-state index contributed by atoms with van der Waals surface area (Å²) in [4.78, 5) is 15.8. The predicted octanol–water partition coefficient (Wildman–Crippen LogP) is 2.54. The summed E-state index contributed by atoms with van der Waals surface area (Å²) in [5.41, 5.74) is 0.734. The number of carbonyl (C=O) groups is 1. The minimum Gasteiger partial charge on any atom is -0.504 e. The zero-order valence-electron chi connectivity index (χ0n) is 10.8. The van der Waals surface area contributed by atoms with Crippen molar-refractivity contribution in [2.45, 2.75) is 26.2 Å². The average molecular weight is 261 g/mol. The van der Waals surface area contributed by atoms with Gasteiger partial charge in [-0.25, -0.2) is 4.98 Å². The lowest BCUT2D eigenvalue weighted by atomic mass is 10.1. The molecule has 0 aliphatic heterocycles. The second kappa shape index (κ2) is 5.51. The van der Waals surface area contributed by atoms with Crippen LogP contribution in [0.5, 0.6) is 5.75 Å². The summed E-state index contributed by atoms with van der Waals surface area (Å²) in [5.74, 6) is -0.170. The fourth-order valence-electron chi connectivity index (χ4n) is 1.50. The molecule has 6 heteroatoms. The molecular formula is C13H15N3O3. The summed E-state index contributed by atoms with van der Waals surface area (Å²) in [6.45, 7) is 4.04. The average Bonchev–Trinajstić information content (AvgIpc) is 2.90. The molecule has 2 aromatic heterocycles. The molecule has 0 radical (unpaired) electrons. The molecule has 0 aromatic carbocycles. The predicted molar refractivity (Wildman–Crippen MR) is 69.1 cm³/mol. The monoisotopic (exact) mass is 261 g/mol. The van der Waals surface area contributed by atoms with Crippen molar-refractivity contribution in [1.82, 2.24) is 10.1 Å². The Bertz CT molecular complexity index is 580. The molecule has 0 bridgehead atoms. The van der Waals surface area contributed by atoms with E-state index < -0.39 is 5.91 Å². The SMILES string of the molecule is CCC(C)c1cc(C(=O)Nc2ncccc2O)on1. The van der Waals surface area contributed by atoms with E-state index in [1.807, 2.05) is 13.8 Å². The molecule has 0 saturated carbocycles. The van der Waals surface area contributed by atoms with Crippen molar-refractivity contribution in [2.24, 2.45) is 0 Å². The van der Waals surface area contributed by atoms with Crippen molar-refractivity contribution >= 4 is 11.7 Å². The summed E-state index contributed by atoms with van der Waals surface area (Å²) in [6.07, 6.45) is 2.38. The molecule has 6 nitrogen and oxygen atoms in total. The van der Waals surface area contributed by atoms with Crippen molar-refractivity contribution in [2.75, 3.05) is 5.32 Å². The first kappa shape index (κ1) is 13.1. The third kappa shape index (κ3) is 2.90. The molecule has 0 fully saturated rings. The molecule has 0 saturated heterocycles. The molecule has 100 valence electrons. The van der Waals surface area contributed by atoms with Gasteiger partial charge in [-0.3, -0.25) is 4.79 Å². The molecule has 0 spiro atoms. The number of nitrogens with one attached hydrogen (secondary N) is 1. The molecule has 2 rings (SSSR count). The van der Waals surface area contributed by atoms with Gasteiger partial charge in [0.15, 0.2) is 11.6 Å². The summed E-state index contributed by atoms with van der Waals surface area (Å²) in [6, 6.07) is 4.61. The van der Waals surface area contributed by atoms with Crippen molar-refractivity contribution in [3.8, 4) is 5.75 Å². The smallest absolute Gasteiger partial charge is 0.295 e. The van der Waals surface area contributed by atoms with Crippen LogP contribution in [-0.4, -0.2) is 21.2 Å². The number of aromatic hydroxyl groups is 1. The lowest BCUT2D eigenvalue weighted by Gasteiger charge is -2.03. The molecule has 2 aromatic rings. The van der Waals surface area contributed by atoms with E-state index in [9.17, 15) is 9.90 Å². The van der Waals surface area contributed by atoms with Crippen LogP contribution >= 0.6 is 0 Å². The number of nitrogens with zero attached hydrogens (tertiary/aromatic N) is 2. The normalized spacial score (nSPS) is 12.1. The Balaban J connectivity index is 2.12. The van der Waals surface area contributed by atoms with E-state index in [0.717, 1.165) is 12.1 Å². The molecule has 1 atom stereocenters. The van der Waals surface area contributed by atoms with Crippen LogP contribution in [0.4, 0.5) is 5.82 Å². The number of pyridine rings is 1. The zero-order valence-corrected chi connectivity index (χ0v) is 10.8. The molecule has 2 N–H and O–H groups in total. The van der Waals surface area contributed by atoms with E-state index in [-0.39, 0.29) is 23.2 Å². The molecular weight excluding hydrogens is 246 g/mol. The van der Waals surface area contributed by atoms with Crippen LogP contribution in [-0.2, 0) is 0 Å². The fraction of sp³-hybridized carbons (Fsp3) is 0.308. The molecule has 2 heterocycles. The largest absolute Gasteiger partial charge is 0.504 e.